The number of carbonyl (C=O) groups excluding carboxylic acids is 1. The maximum Gasteiger partial charge on any atom is 0.254 e. The third-order valence-corrected chi connectivity index (χ3v) is 2.88. The van der Waals surface area contributed by atoms with E-state index in [1.165, 1.54) is 13.1 Å². The minimum atomic E-state index is -0.458. The van der Waals surface area contributed by atoms with Crippen molar-refractivity contribution in [3.8, 4) is 0 Å². The topological polar surface area (TPSA) is 41.1 Å². The molecule has 0 heterocycles. The zero-order chi connectivity index (χ0) is 13.5. The fraction of sp³-hybridized carbons (Fsp3) is 0.500. The van der Waals surface area contributed by atoms with Crippen LogP contribution in [0.15, 0.2) is 12.1 Å². The quantitative estimate of drug-likeness (QED) is 0.762. The van der Waals surface area contributed by atoms with Crippen molar-refractivity contribution in [3.63, 3.8) is 0 Å². The summed E-state index contributed by atoms with van der Waals surface area (Å²) in [6, 6.07) is 3.11. The van der Waals surface area contributed by atoms with E-state index in [2.05, 4.69) is 17.6 Å². The highest BCUT2D eigenvalue weighted by atomic mass is 19.1. The Morgan fingerprint density at radius 2 is 2.00 bits per heavy atom. The van der Waals surface area contributed by atoms with E-state index in [-0.39, 0.29) is 11.5 Å². The van der Waals surface area contributed by atoms with Crippen molar-refractivity contribution in [3.05, 3.63) is 34.6 Å². The lowest BCUT2D eigenvalue weighted by molar-refractivity contribution is 0.0959. The van der Waals surface area contributed by atoms with Crippen LogP contribution in [0.1, 0.15) is 41.8 Å². The van der Waals surface area contributed by atoms with E-state index in [0.29, 0.717) is 6.54 Å². The normalized spacial score (nSPS) is 10.4. The molecule has 0 aromatic heterocycles. The summed E-state index contributed by atoms with van der Waals surface area (Å²) in [6.45, 7) is 5.64. The smallest absolute Gasteiger partial charge is 0.254 e. The highest BCUT2D eigenvalue weighted by Gasteiger charge is 2.13. The molecule has 0 aliphatic rings. The summed E-state index contributed by atoms with van der Waals surface area (Å²) in [5.41, 5.74) is 2.06. The minimum absolute atomic E-state index is 0.119. The summed E-state index contributed by atoms with van der Waals surface area (Å²) in [4.78, 5) is 11.5. The summed E-state index contributed by atoms with van der Waals surface area (Å²) in [5, 5.41) is 5.70. The second-order valence-electron chi connectivity index (χ2n) is 4.21. The van der Waals surface area contributed by atoms with Crippen molar-refractivity contribution in [2.45, 2.75) is 33.2 Å². The first-order valence-corrected chi connectivity index (χ1v) is 6.38. The lowest BCUT2D eigenvalue weighted by Gasteiger charge is -2.12. The molecule has 0 radical (unpaired) electrons. The standard InChI is InChI=1S/C14H21FN2O/c1-4-6-17-9-11-8-13(15)12(14(18)16-3)7-10(11)5-2/h7-8,17H,4-6,9H2,1-3H3,(H,16,18). The molecule has 0 fully saturated rings. The Labute approximate surface area is 108 Å². The van der Waals surface area contributed by atoms with Gasteiger partial charge in [0.05, 0.1) is 5.56 Å². The second kappa shape index (κ2) is 7.11. The number of nitrogens with one attached hydrogen (secondary N) is 2. The zero-order valence-corrected chi connectivity index (χ0v) is 11.3. The van der Waals surface area contributed by atoms with Crippen molar-refractivity contribution in [1.82, 2.24) is 10.6 Å². The Balaban J connectivity index is 2.99. The van der Waals surface area contributed by atoms with Crippen LogP contribution >= 0.6 is 0 Å². The lowest BCUT2D eigenvalue weighted by atomic mass is 10.0. The number of aryl methyl sites for hydroxylation is 1. The van der Waals surface area contributed by atoms with Crippen LogP contribution in [0, 0.1) is 5.82 Å². The Hall–Kier alpha value is -1.42. The van der Waals surface area contributed by atoms with Crippen molar-refractivity contribution in [2.24, 2.45) is 0 Å². The lowest BCUT2D eigenvalue weighted by Crippen LogP contribution is -2.21. The molecule has 1 rings (SSSR count). The molecule has 18 heavy (non-hydrogen) atoms. The summed E-state index contributed by atoms with van der Waals surface area (Å²) in [7, 11) is 1.50. The summed E-state index contributed by atoms with van der Waals surface area (Å²) in [5.74, 6) is -0.838. The van der Waals surface area contributed by atoms with Crippen LogP contribution in [0.5, 0.6) is 0 Å². The van der Waals surface area contributed by atoms with Gasteiger partial charge in [-0.2, -0.15) is 0 Å². The molecule has 0 saturated carbocycles. The first-order chi connectivity index (χ1) is 8.63. The van der Waals surface area contributed by atoms with Crippen LogP contribution in [0.4, 0.5) is 4.39 Å². The van der Waals surface area contributed by atoms with Crippen molar-refractivity contribution in [2.75, 3.05) is 13.6 Å². The van der Waals surface area contributed by atoms with Crippen LogP contribution < -0.4 is 10.6 Å². The van der Waals surface area contributed by atoms with E-state index in [0.717, 1.165) is 30.5 Å². The molecule has 0 bridgehead atoms. The molecule has 1 aromatic rings. The van der Waals surface area contributed by atoms with Gasteiger partial charge in [0.25, 0.3) is 5.91 Å². The number of hydrogen-bond donors (Lipinski definition) is 2. The number of hydrogen-bond acceptors (Lipinski definition) is 2. The third kappa shape index (κ3) is 3.53. The molecule has 0 atom stereocenters. The molecule has 0 aliphatic carbocycles. The average molecular weight is 252 g/mol. The van der Waals surface area contributed by atoms with Gasteiger partial charge in [0, 0.05) is 13.6 Å². The maximum absolute atomic E-state index is 13.8. The SMILES string of the molecule is CCCNCc1cc(F)c(C(=O)NC)cc1CC. The van der Waals surface area contributed by atoms with Crippen LogP contribution in [-0.4, -0.2) is 19.5 Å². The number of carbonyl (C=O) groups is 1. The molecule has 1 amide bonds. The molecule has 3 nitrogen and oxygen atoms in total. The number of halogens is 1. The first kappa shape index (κ1) is 14.6. The van der Waals surface area contributed by atoms with Gasteiger partial charge in [-0.25, -0.2) is 4.39 Å². The van der Waals surface area contributed by atoms with Crippen molar-refractivity contribution >= 4 is 5.91 Å². The van der Waals surface area contributed by atoms with Crippen molar-refractivity contribution in [1.29, 1.82) is 0 Å². The average Bonchev–Trinajstić information content (AvgIpc) is 2.38. The van der Waals surface area contributed by atoms with E-state index in [4.69, 9.17) is 0 Å². The zero-order valence-electron chi connectivity index (χ0n) is 11.3. The maximum atomic E-state index is 13.8. The monoisotopic (exact) mass is 252 g/mol. The molecular weight excluding hydrogens is 231 g/mol. The largest absolute Gasteiger partial charge is 0.355 e. The Morgan fingerprint density at radius 3 is 2.56 bits per heavy atom. The van der Waals surface area contributed by atoms with E-state index in [1.807, 2.05) is 6.92 Å². The van der Waals surface area contributed by atoms with Gasteiger partial charge in [-0.05, 0) is 42.6 Å². The van der Waals surface area contributed by atoms with Crippen LogP contribution in [0.25, 0.3) is 0 Å². The number of rotatable bonds is 6. The van der Waals surface area contributed by atoms with Crippen molar-refractivity contribution < 1.29 is 9.18 Å². The Bertz CT molecular complexity index is 419. The summed E-state index contributed by atoms with van der Waals surface area (Å²) in [6.07, 6.45) is 1.83. The van der Waals surface area contributed by atoms with Gasteiger partial charge in [0.15, 0.2) is 0 Å². The first-order valence-electron chi connectivity index (χ1n) is 6.38. The Morgan fingerprint density at radius 1 is 1.28 bits per heavy atom. The molecule has 0 saturated heterocycles. The Kier molecular flexibility index (Phi) is 5.78. The molecule has 0 unspecified atom stereocenters. The van der Waals surface area contributed by atoms with Gasteiger partial charge in [-0.1, -0.05) is 13.8 Å². The molecule has 1 aromatic carbocycles. The fourth-order valence-electron chi connectivity index (χ4n) is 1.86. The molecule has 2 N–H and O–H groups in total. The van der Waals surface area contributed by atoms with Gasteiger partial charge in [0.2, 0.25) is 0 Å². The molecule has 0 aliphatic heterocycles. The highest BCUT2D eigenvalue weighted by Crippen LogP contribution is 2.17. The van der Waals surface area contributed by atoms with Gasteiger partial charge >= 0.3 is 0 Å². The van der Waals surface area contributed by atoms with Gasteiger partial charge < -0.3 is 10.6 Å². The third-order valence-electron chi connectivity index (χ3n) is 2.88. The second-order valence-corrected chi connectivity index (χ2v) is 4.21. The highest BCUT2D eigenvalue weighted by molar-refractivity contribution is 5.94. The van der Waals surface area contributed by atoms with Crippen LogP contribution in [0.3, 0.4) is 0 Å². The molecule has 100 valence electrons. The van der Waals surface area contributed by atoms with E-state index in [9.17, 15) is 9.18 Å². The predicted molar refractivity (Wildman–Crippen MR) is 71.2 cm³/mol. The van der Waals surface area contributed by atoms with Gasteiger partial charge in [-0.3, -0.25) is 4.79 Å². The predicted octanol–water partition coefficient (Wildman–Crippen LogP) is 2.25. The number of benzene rings is 1. The van der Waals surface area contributed by atoms with Gasteiger partial charge in [0.1, 0.15) is 5.82 Å². The van der Waals surface area contributed by atoms with Gasteiger partial charge in [-0.15, -0.1) is 0 Å². The molecule has 0 spiro atoms. The number of amides is 1. The molecule has 4 heteroatoms. The van der Waals surface area contributed by atoms with E-state index in [1.54, 1.807) is 6.07 Å². The minimum Gasteiger partial charge on any atom is -0.355 e. The molecular formula is C14H21FN2O. The fourth-order valence-corrected chi connectivity index (χ4v) is 1.86. The van der Waals surface area contributed by atoms with E-state index >= 15 is 0 Å². The summed E-state index contributed by atoms with van der Waals surface area (Å²) < 4.78 is 13.8. The van der Waals surface area contributed by atoms with Crippen LogP contribution in [0.2, 0.25) is 0 Å². The van der Waals surface area contributed by atoms with Crippen LogP contribution in [-0.2, 0) is 13.0 Å². The summed E-state index contributed by atoms with van der Waals surface area (Å²) >= 11 is 0. The van der Waals surface area contributed by atoms with E-state index < -0.39 is 5.82 Å².